The smallest absolute Gasteiger partial charge is 0.314 e. The van der Waals surface area contributed by atoms with Gasteiger partial charge in [-0.2, -0.15) is 0 Å². The summed E-state index contributed by atoms with van der Waals surface area (Å²) in [5.74, 6) is -0.783. The fourth-order valence-corrected chi connectivity index (χ4v) is 2.44. The Balaban J connectivity index is 1.62. The molecule has 6 heteroatoms. The minimum atomic E-state index is -0.413. The average Bonchev–Trinajstić information content (AvgIpc) is 2.61. The zero-order valence-electron chi connectivity index (χ0n) is 15.1. The van der Waals surface area contributed by atoms with Gasteiger partial charge < -0.3 is 16.0 Å². The van der Waals surface area contributed by atoms with Crippen molar-refractivity contribution >= 4 is 11.9 Å². The van der Waals surface area contributed by atoms with Gasteiger partial charge in [0, 0.05) is 25.2 Å². The molecule has 3 amide bonds. The van der Waals surface area contributed by atoms with E-state index in [-0.39, 0.29) is 30.6 Å². The molecule has 0 saturated heterocycles. The van der Waals surface area contributed by atoms with Gasteiger partial charge in [-0.15, -0.1) is 0 Å². The quantitative estimate of drug-likeness (QED) is 0.667. The molecule has 0 radical (unpaired) electrons. The molecule has 0 heterocycles. The van der Waals surface area contributed by atoms with Crippen LogP contribution in [0.15, 0.2) is 42.5 Å². The van der Waals surface area contributed by atoms with Crippen LogP contribution in [0.25, 0.3) is 0 Å². The van der Waals surface area contributed by atoms with Crippen molar-refractivity contribution in [2.75, 3.05) is 19.6 Å². The van der Waals surface area contributed by atoms with E-state index in [0.717, 1.165) is 6.42 Å². The highest BCUT2D eigenvalue weighted by Crippen LogP contribution is 2.08. The van der Waals surface area contributed by atoms with E-state index in [1.54, 1.807) is 19.1 Å². The van der Waals surface area contributed by atoms with Gasteiger partial charge in [0.25, 0.3) is 5.91 Å². The normalized spacial score (nSPS) is 10.3. The van der Waals surface area contributed by atoms with Gasteiger partial charge in [-0.3, -0.25) is 4.79 Å². The topological polar surface area (TPSA) is 70.2 Å². The van der Waals surface area contributed by atoms with Gasteiger partial charge >= 0.3 is 6.03 Å². The summed E-state index contributed by atoms with van der Waals surface area (Å²) in [6.07, 6.45) is 0.755. The van der Waals surface area contributed by atoms with Crippen molar-refractivity contribution in [2.45, 2.75) is 20.3 Å². The maximum Gasteiger partial charge on any atom is 0.314 e. The predicted octanol–water partition coefficient (Wildman–Crippen LogP) is 2.71. The van der Waals surface area contributed by atoms with Gasteiger partial charge in [-0.25, -0.2) is 9.18 Å². The number of hydrogen-bond acceptors (Lipinski definition) is 2. The van der Waals surface area contributed by atoms with E-state index in [4.69, 9.17) is 0 Å². The summed E-state index contributed by atoms with van der Waals surface area (Å²) in [7, 11) is 0. The van der Waals surface area contributed by atoms with Crippen LogP contribution in [0.4, 0.5) is 9.18 Å². The summed E-state index contributed by atoms with van der Waals surface area (Å²) in [5, 5.41) is 8.08. The Kier molecular flexibility index (Phi) is 7.14. The van der Waals surface area contributed by atoms with Gasteiger partial charge in [0.15, 0.2) is 0 Å². The maximum atomic E-state index is 13.5. The molecule has 0 saturated carbocycles. The molecule has 0 spiro atoms. The number of aryl methyl sites for hydroxylation is 2. The Bertz CT molecular complexity index is 777. The predicted molar refractivity (Wildman–Crippen MR) is 99.8 cm³/mol. The number of halogens is 1. The third-order valence-corrected chi connectivity index (χ3v) is 3.91. The van der Waals surface area contributed by atoms with Gasteiger partial charge in [0.05, 0.1) is 0 Å². The molecule has 0 bridgehead atoms. The van der Waals surface area contributed by atoms with Crippen molar-refractivity contribution in [1.29, 1.82) is 0 Å². The lowest BCUT2D eigenvalue weighted by atomic mass is 10.1. The number of nitrogens with one attached hydrogen (secondary N) is 3. The summed E-state index contributed by atoms with van der Waals surface area (Å²) < 4.78 is 13.5. The van der Waals surface area contributed by atoms with E-state index in [1.807, 2.05) is 25.1 Å². The molecule has 138 valence electrons. The van der Waals surface area contributed by atoms with Crippen molar-refractivity contribution in [1.82, 2.24) is 16.0 Å². The van der Waals surface area contributed by atoms with Crippen LogP contribution in [-0.4, -0.2) is 31.6 Å². The first-order valence-corrected chi connectivity index (χ1v) is 8.57. The Labute approximate surface area is 153 Å². The van der Waals surface area contributed by atoms with Gasteiger partial charge in [0.1, 0.15) is 5.82 Å². The van der Waals surface area contributed by atoms with Crippen LogP contribution in [-0.2, 0) is 6.42 Å². The Morgan fingerprint density at radius 1 is 0.923 bits per heavy atom. The number of amides is 3. The van der Waals surface area contributed by atoms with Crippen LogP contribution in [0, 0.1) is 19.7 Å². The fraction of sp³-hybridized carbons (Fsp3) is 0.300. The number of hydrogen-bond donors (Lipinski definition) is 3. The van der Waals surface area contributed by atoms with Crippen molar-refractivity contribution in [3.05, 3.63) is 70.5 Å². The van der Waals surface area contributed by atoms with Gasteiger partial charge in [-0.05, 0) is 43.5 Å². The van der Waals surface area contributed by atoms with Crippen molar-refractivity contribution in [3.8, 4) is 0 Å². The third kappa shape index (κ3) is 6.20. The van der Waals surface area contributed by atoms with Gasteiger partial charge in [0.2, 0.25) is 0 Å². The van der Waals surface area contributed by atoms with Crippen molar-refractivity contribution < 1.29 is 14.0 Å². The first-order chi connectivity index (χ1) is 12.5. The van der Waals surface area contributed by atoms with Crippen LogP contribution >= 0.6 is 0 Å². The molecular weight excluding hydrogens is 333 g/mol. The van der Waals surface area contributed by atoms with E-state index in [9.17, 15) is 14.0 Å². The molecule has 0 atom stereocenters. The second-order valence-electron chi connectivity index (χ2n) is 6.14. The molecule has 0 aliphatic carbocycles. The fourth-order valence-electron chi connectivity index (χ4n) is 2.44. The highest BCUT2D eigenvalue weighted by atomic mass is 19.1. The molecule has 26 heavy (non-hydrogen) atoms. The number of benzene rings is 2. The Morgan fingerprint density at radius 3 is 2.38 bits per heavy atom. The summed E-state index contributed by atoms with van der Waals surface area (Å²) in [6.45, 7) is 4.75. The molecule has 0 fully saturated rings. The molecule has 3 N–H and O–H groups in total. The minimum Gasteiger partial charge on any atom is -0.350 e. The van der Waals surface area contributed by atoms with E-state index >= 15 is 0 Å². The maximum absolute atomic E-state index is 13.5. The number of urea groups is 1. The monoisotopic (exact) mass is 357 g/mol. The lowest BCUT2D eigenvalue weighted by Crippen LogP contribution is -2.40. The van der Waals surface area contributed by atoms with Gasteiger partial charge in [-0.1, -0.05) is 35.9 Å². The molecule has 5 nitrogen and oxygen atoms in total. The zero-order valence-corrected chi connectivity index (χ0v) is 15.1. The lowest BCUT2D eigenvalue weighted by molar-refractivity contribution is 0.0953. The van der Waals surface area contributed by atoms with E-state index in [1.165, 1.54) is 17.2 Å². The first-order valence-electron chi connectivity index (χ1n) is 8.57. The second-order valence-corrected chi connectivity index (χ2v) is 6.14. The van der Waals surface area contributed by atoms with Crippen LogP contribution in [0.1, 0.15) is 27.0 Å². The summed E-state index contributed by atoms with van der Waals surface area (Å²) >= 11 is 0. The third-order valence-electron chi connectivity index (χ3n) is 3.91. The molecule has 0 aliphatic rings. The SMILES string of the molecule is Cc1cccc(CCNC(=O)NCCNC(=O)c2ccc(C)c(F)c2)c1. The summed E-state index contributed by atoms with van der Waals surface area (Å²) in [5.41, 5.74) is 3.11. The molecule has 0 unspecified atom stereocenters. The van der Waals surface area contributed by atoms with Crippen LogP contribution in [0.5, 0.6) is 0 Å². The highest BCUT2D eigenvalue weighted by Gasteiger charge is 2.07. The molecule has 2 aromatic carbocycles. The molecule has 0 aromatic heterocycles. The molecule has 0 aliphatic heterocycles. The highest BCUT2D eigenvalue weighted by molar-refractivity contribution is 5.94. The van der Waals surface area contributed by atoms with E-state index in [2.05, 4.69) is 22.0 Å². The van der Waals surface area contributed by atoms with Crippen LogP contribution in [0.2, 0.25) is 0 Å². The Hall–Kier alpha value is -2.89. The molecule has 2 rings (SSSR count). The zero-order chi connectivity index (χ0) is 18.9. The number of rotatable bonds is 7. The number of carbonyl (C=O) groups excluding carboxylic acids is 2. The minimum absolute atomic E-state index is 0.260. The second kappa shape index (κ2) is 9.56. The molecular formula is C20H24FN3O2. The molecule has 2 aromatic rings. The van der Waals surface area contributed by atoms with E-state index in [0.29, 0.717) is 12.1 Å². The van der Waals surface area contributed by atoms with E-state index < -0.39 is 5.82 Å². The van der Waals surface area contributed by atoms with Crippen molar-refractivity contribution in [3.63, 3.8) is 0 Å². The summed E-state index contributed by atoms with van der Waals surface area (Å²) in [4.78, 5) is 23.6. The average molecular weight is 357 g/mol. The van der Waals surface area contributed by atoms with Crippen molar-refractivity contribution in [2.24, 2.45) is 0 Å². The standard InChI is InChI=1S/C20H24FN3O2/c1-14-4-3-5-16(12-14)8-9-23-20(26)24-11-10-22-19(25)17-7-6-15(2)18(21)13-17/h3-7,12-13H,8-11H2,1-2H3,(H,22,25)(H2,23,24,26). The lowest BCUT2D eigenvalue weighted by Gasteiger charge is -2.09. The Morgan fingerprint density at radius 2 is 1.65 bits per heavy atom. The van der Waals surface area contributed by atoms with Crippen LogP contribution in [0.3, 0.4) is 0 Å². The summed E-state index contributed by atoms with van der Waals surface area (Å²) in [6, 6.07) is 12.2. The first kappa shape index (κ1) is 19.4. The largest absolute Gasteiger partial charge is 0.350 e. The number of carbonyl (C=O) groups is 2. The van der Waals surface area contributed by atoms with Crippen LogP contribution < -0.4 is 16.0 Å².